The van der Waals surface area contributed by atoms with E-state index in [1.54, 1.807) is 0 Å². The fraction of sp³-hybridized carbons (Fsp3) is 0.143. The van der Waals surface area contributed by atoms with E-state index in [2.05, 4.69) is 54.2 Å². The second-order valence-corrected chi connectivity index (χ2v) is 6.01. The Balaban J connectivity index is 1.54. The third kappa shape index (κ3) is 2.93. The van der Waals surface area contributed by atoms with Gasteiger partial charge < -0.3 is 4.57 Å². The minimum absolute atomic E-state index is 0.884. The molecule has 3 nitrogen and oxygen atoms in total. The van der Waals surface area contributed by atoms with Gasteiger partial charge in [-0.1, -0.05) is 54.6 Å². The zero-order valence-corrected chi connectivity index (χ0v) is 13.7. The fourth-order valence-corrected chi connectivity index (χ4v) is 2.97. The smallest absolute Gasteiger partial charge is 0.109 e. The molecule has 0 aliphatic heterocycles. The molecule has 118 valence electrons. The van der Waals surface area contributed by atoms with Crippen molar-refractivity contribution in [1.82, 2.24) is 14.5 Å². The number of imidazole rings is 1. The molecule has 24 heavy (non-hydrogen) atoms. The number of hydrogen-bond donors (Lipinski definition) is 0. The lowest BCUT2D eigenvalue weighted by molar-refractivity contribution is 0.763. The van der Waals surface area contributed by atoms with Crippen molar-refractivity contribution in [2.45, 2.75) is 12.8 Å². The molecule has 0 aliphatic rings. The average Bonchev–Trinajstić information content (AvgIpc) is 3.01. The van der Waals surface area contributed by atoms with E-state index in [-0.39, 0.29) is 0 Å². The van der Waals surface area contributed by atoms with Crippen molar-refractivity contribution in [3.05, 3.63) is 84.4 Å². The van der Waals surface area contributed by atoms with Crippen molar-refractivity contribution < 1.29 is 0 Å². The number of rotatable bonds is 4. The number of aryl methyl sites for hydroxylation is 3. The van der Waals surface area contributed by atoms with Crippen molar-refractivity contribution >= 4 is 10.9 Å². The lowest BCUT2D eigenvalue weighted by Crippen LogP contribution is -2.01. The summed E-state index contributed by atoms with van der Waals surface area (Å²) in [7, 11) is 2.06. The van der Waals surface area contributed by atoms with Crippen LogP contribution < -0.4 is 0 Å². The Hall–Kier alpha value is -2.94. The summed E-state index contributed by atoms with van der Waals surface area (Å²) >= 11 is 0. The number of hydrogen-bond acceptors (Lipinski definition) is 2. The van der Waals surface area contributed by atoms with E-state index in [1.165, 1.54) is 5.39 Å². The average molecular weight is 313 g/mol. The van der Waals surface area contributed by atoms with Gasteiger partial charge >= 0.3 is 0 Å². The first-order valence-electron chi connectivity index (χ1n) is 8.22. The van der Waals surface area contributed by atoms with Crippen molar-refractivity contribution in [3.8, 4) is 11.3 Å². The Morgan fingerprint density at radius 1 is 0.792 bits per heavy atom. The number of nitrogens with zero attached hydrogens (tertiary/aromatic N) is 3. The second-order valence-electron chi connectivity index (χ2n) is 6.01. The third-order valence-corrected chi connectivity index (χ3v) is 4.30. The Morgan fingerprint density at radius 3 is 2.46 bits per heavy atom. The molecule has 0 fully saturated rings. The number of aromatic nitrogens is 3. The molecule has 0 saturated carbocycles. The predicted octanol–water partition coefficient (Wildman–Crippen LogP) is 4.42. The summed E-state index contributed by atoms with van der Waals surface area (Å²) in [6.45, 7) is 0. The minimum Gasteiger partial charge on any atom is -0.337 e. The highest BCUT2D eigenvalue weighted by molar-refractivity contribution is 5.78. The summed E-state index contributed by atoms with van der Waals surface area (Å²) < 4.78 is 2.11. The lowest BCUT2D eigenvalue weighted by Gasteiger charge is -2.03. The first-order valence-corrected chi connectivity index (χ1v) is 8.22. The Labute approximate surface area is 141 Å². The van der Waals surface area contributed by atoms with Crippen molar-refractivity contribution in [2.24, 2.45) is 7.05 Å². The zero-order chi connectivity index (χ0) is 16.4. The highest BCUT2D eigenvalue weighted by Gasteiger charge is 2.08. The molecule has 0 bridgehead atoms. The van der Waals surface area contributed by atoms with Crippen LogP contribution in [0.15, 0.2) is 72.9 Å². The topological polar surface area (TPSA) is 30.7 Å². The summed E-state index contributed by atoms with van der Waals surface area (Å²) in [5, 5.41) is 1.18. The third-order valence-electron chi connectivity index (χ3n) is 4.30. The molecule has 2 aromatic heterocycles. The van der Waals surface area contributed by atoms with Crippen LogP contribution in [0.2, 0.25) is 0 Å². The van der Waals surface area contributed by atoms with Gasteiger partial charge in [-0.05, 0) is 18.6 Å². The maximum absolute atomic E-state index is 4.79. The SMILES string of the molecule is Cn1cc(-c2ccccc2)nc1CCc1ccc2ccccc2n1. The summed E-state index contributed by atoms with van der Waals surface area (Å²) in [5.74, 6) is 1.09. The van der Waals surface area contributed by atoms with Gasteiger partial charge in [0.25, 0.3) is 0 Å². The summed E-state index contributed by atoms with van der Waals surface area (Å²) in [5.41, 5.74) is 4.35. The van der Waals surface area contributed by atoms with E-state index in [0.717, 1.165) is 41.1 Å². The fourth-order valence-electron chi connectivity index (χ4n) is 2.97. The molecular formula is C21H19N3. The highest BCUT2D eigenvalue weighted by Crippen LogP contribution is 2.19. The van der Waals surface area contributed by atoms with Gasteiger partial charge in [0.1, 0.15) is 5.82 Å². The van der Waals surface area contributed by atoms with Crippen LogP contribution in [-0.4, -0.2) is 14.5 Å². The van der Waals surface area contributed by atoms with Crippen molar-refractivity contribution in [3.63, 3.8) is 0 Å². The van der Waals surface area contributed by atoms with Crippen LogP contribution in [0.25, 0.3) is 22.2 Å². The van der Waals surface area contributed by atoms with Gasteiger partial charge in [0, 0.05) is 36.3 Å². The van der Waals surface area contributed by atoms with Gasteiger partial charge in [-0.25, -0.2) is 4.98 Å². The van der Waals surface area contributed by atoms with Crippen LogP contribution in [-0.2, 0) is 19.9 Å². The summed E-state index contributed by atoms with van der Waals surface area (Å²) in [4.78, 5) is 9.54. The molecule has 0 N–H and O–H groups in total. The number of benzene rings is 2. The molecule has 0 saturated heterocycles. The molecule has 0 radical (unpaired) electrons. The van der Waals surface area contributed by atoms with Crippen LogP contribution in [0.1, 0.15) is 11.5 Å². The highest BCUT2D eigenvalue weighted by atomic mass is 15.0. The van der Waals surface area contributed by atoms with Crippen LogP contribution >= 0.6 is 0 Å². The van der Waals surface area contributed by atoms with Crippen molar-refractivity contribution in [1.29, 1.82) is 0 Å². The zero-order valence-electron chi connectivity index (χ0n) is 13.7. The summed E-state index contributed by atoms with van der Waals surface area (Å²) in [6, 6.07) is 22.8. The van der Waals surface area contributed by atoms with Gasteiger partial charge in [0.2, 0.25) is 0 Å². The van der Waals surface area contributed by atoms with E-state index < -0.39 is 0 Å². The monoisotopic (exact) mass is 313 g/mol. The molecule has 2 heterocycles. The molecule has 4 rings (SSSR count). The molecule has 0 atom stereocenters. The number of para-hydroxylation sites is 1. The minimum atomic E-state index is 0.884. The Morgan fingerprint density at radius 2 is 1.58 bits per heavy atom. The van der Waals surface area contributed by atoms with Gasteiger partial charge in [-0.3, -0.25) is 4.98 Å². The van der Waals surface area contributed by atoms with Gasteiger partial charge in [0.05, 0.1) is 11.2 Å². The lowest BCUT2D eigenvalue weighted by atomic mass is 10.1. The number of fused-ring (bicyclic) bond motifs is 1. The molecule has 3 heteroatoms. The molecule has 0 spiro atoms. The Kier molecular flexibility index (Phi) is 3.83. The second kappa shape index (κ2) is 6.28. The van der Waals surface area contributed by atoms with Crippen LogP contribution in [0, 0.1) is 0 Å². The van der Waals surface area contributed by atoms with E-state index in [0.29, 0.717) is 0 Å². The largest absolute Gasteiger partial charge is 0.337 e. The molecule has 2 aromatic carbocycles. The van der Waals surface area contributed by atoms with Gasteiger partial charge in [-0.15, -0.1) is 0 Å². The van der Waals surface area contributed by atoms with E-state index in [4.69, 9.17) is 9.97 Å². The van der Waals surface area contributed by atoms with Gasteiger partial charge in [-0.2, -0.15) is 0 Å². The quantitative estimate of drug-likeness (QED) is 0.558. The first kappa shape index (κ1) is 14.6. The molecule has 0 aliphatic carbocycles. The van der Waals surface area contributed by atoms with Gasteiger partial charge in [0.15, 0.2) is 0 Å². The van der Waals surface area contributed by atoms with E-state index in [9.17, 15) is 0 Å². The van der Waals surface area contributed by atoms with E-state index in [1.807, 2.05) is 30.3 Å². The standard InChI is InChI=1S/C21H19N3/c1-24-15-20(16-7-3-2-4-8-16)23-21(24)14-13-18-12-11-17-9-5-6-10-19(17)22-18/h2-12,15H,13-14H2,1H3. The first-order chi connectivity index (χ1) is 11.8. The number of pyridine rings is 1. The van der Waals surface area contributed by atoms with E-state index >= 15 is 0 Å². The van der Waals surface area contributed by atoms with Crippen LogP contribution in [0.4, 0.5) is 0 Å². The summed E-state index contributed by atoms with van der Waals surface area (Å²) in [6.07, 6.45) is 3.87. The predicted molar refractivity (Wildman–Crippen MR) is 97.8 cm³/mol. The molecule has 4 aromatic rings. The maximum Gasteiger partial charge on any atom is 0.109 e. The van der Waals surface area contributed by atoms with Crippen LogP contribution in [0.5, 0.6) is 0 Å². The molecular weight excluding hydrogens is 294 g/mol. The molecule has 0 unspecified atom stereocenters. The molecule has 0 amide bonds. The van der Waals surface area contributed by atoms with Crippen molar-refractivity contribution in [2.75, 3.05) is 0 Å². The maximum atomic E-state index is 4.79. The normalized spacial score (nSPS) is 11.0. The Bertz CT molecular complexity index is 971. The van der Waals surface area contributed by atoms with Crippen LogP contribution in [0.3, 0.4) is 0 Å².